The van der Waals surface area contributed by atoms with Crippen LogP contribution in [0, 0.1) is 0 Å². The highest BCUT2D eigenvalue weighted by Gasteiger charge is 2.18. The average Bonchev–Trinajstić information content (AvgIpc) is 2.80. The van der Waals surface area contributed by atoms with E-state index in [2.05, 4.69) is 0 Å². The van der Waals surface area contributed by atoms with Gasteiger partial charge in [-0.1, -0.05) is 36.4 Å². The van der Waals surface area contributed by atoms with Crippen LogP contribution < -0.4 is 9.47 Å². The van der Waals surface area contributed by atoms with Gasteiger partial charge in [0, 0.05) is 13.1 Å². The van der Waals surface area contributed by atoms with Gasteiger partial charge in [-0.15, -0.1) is 0 Å². The minimum atomic E-state index is -0.510. The van der Waals surface area contributed by atoms with Crippen molar-refractivity contribution < 1.29 is 23.8 Å². The van der Waals surface area contributed by atoms with Crippen LogP contribution in [0.1, 0.15) is 22.8 Å². The lowest BCUT2D eigenvalue weighted by Crippen LogP contribution is -2.34. The number of ether oxygens (including phenoxy) is 3. The Labute approximate surface area is 175 Å². The van der Waals surface area contributed by atoms with E-state index in [0.717, 1.165) is 16.3 Å². The molecule has 0 aromatic heterocycles. The van der Waals surface area contributed by atoms with E-state index in [4.69, 9.17) is 14.2 Å². The summed E-state index contributed by atoms with van der Waals surface area (Å²) in [4.78, 5) is 26.6. The van der Waals surface area contributed by atoms with Crippen LogP contribution in [0.3, 0.4) is 0 Å². The monoisotopic (exact) mass is 405 g/mol. The van der Waals surface area contributed by atoms with Crippen LogP contribution in [0.15, 0.2) is 60.7 Å². The summed E-state index contributed by atoms with van der Waals surface area (Å²) in [7, 11) is 0. The Hall–Kier alpha value is -3.54. The van der Waals surface area contributed by atoms with Crippen molar-refractivity contribution in [3.05, 3.63) is 71.8 Å². The topological polar surface area (TPSA) is 65.1 Å². The summed E-state index contributed by atoms with van der Waals surface area (Å²) in [6, 6.07) is 18.8. The van der Waals surface area contributed by atoms with Gasteiger partial charge in [0.2, 0.25) is 0 Å². The summed E-state index contributed by atoms with van der Waals surface area (Å²) in [5.41, 5.74) is 1.35. The molecular formula is C24H23NO5. The fraction of sp³-hybridized carbons (Fsp3) is 0.250. The Kier molecular flexibility index (Phi) is 5.84. The van der Waals surface area contributed by atoms with Crippen molar-refractivity contribution >= 4 is 22.6 Å². The van der Waals surface area contributed by atoms with Crippen LogP contribution >= 0.6 is 0 Å². The normalized spacial score (nSPS) is 12.4. The van der Waals surface area contributed by atoms with Gasteiger partial charge in [0.25, 0.3) is 5.91 Å². The van der Waals surface area contributed by atoms with Gasteiger partial charge in [0.05, 0.1) is 5.56 Å². The van der Waals surface area contributed by atoms with Crippen molar-refractivity contribution in [3.63, 3.8) is 0 Å². The molecule has 0 saturated heterocycles. The molecule has 154 valence electrons. The largest absolute Gasteiger partial charge is 0.486 e. The minimum Gasteiger partial charge on any atom is -0.486 e. The Bertz CT molecular complexity index is 1080. The van der Waals surface area contributed by atoms with E-state index in [1.165, 1.54) is 0 Å². The standard InChI is InChI=1S/C24H23NO5/c1-2-25(15-17-7-10-21-22(13-17)29-12-11-28-21)23(26)16-30-24(27)20-9-8-18-5-3-4-6-19(18)14-20/h3-10,13-14H,2,11-12,15-16H2,1H3. The molecule has 3 aromatic carbocycles. The Morgan fingerprint density at radius 3 is 2.50 bits per heavy atom. The molecule has 6 heteroatoms. The molecule has 0 radical (unpaired) electrons. The highest BCUT2D eigenvalue weighted by Crippen LogP contribution is 2.31. The summed E-state index contributed by atoms with van der Waals surface area (Å²) in [6.07, 6.45) is 0. The van der Waals surface area contributed by atoms with Crippen molar-refractivity contribution in [1.82, 2.24) is 4.90 Å². The summed E-state index contributed by atoms with van der Waals surface area (Å²) in [5, 5.41) is 1.99. The fourth-order valence-corrected chi connectivity index (χ4v) is 3.40. The number of hydrogen-bond acceptors (Lipinski definition) is 5. The number of benzene rings is 3. The number of rotatable bonds is 6. The van der Waals surface area contributed by atoms with Crippen LogP contribution in [0.4, 0.5) is 0 Å². The summed E-state index contributed by atoms with van der Waals surface area (Å²) in [6.45, 7) is 3.54. The molecule has 0 fully saturated rings. The van der Waals surface area contributed by atoms with E-state index in [0.29, 0.717) is 43.4 Å². The molecule has 0 N–H and O–H groups in total. The van der Waals surface area contributed by atoms with Gasteiger partial charge in [-0.3, -0.25) is 4.79 Å². The van der Waals surface area contributed by atoms with E-state index < -0.39 is 5.97 Å². The summed E-state index contributed by atoms with van der Waals surface area (Å²) >= 11 is 0. The van der Waals surface area contributed by atoms with E-state index in [1.807, 2.05) is 55.5 Å². The van der Waals surface area contributed by atoms with Gasteiger partial charge in [-0.2, -0.15) is 0 Å². The molecule has 0 bridgehead atoms. The molecule has 0 aliphatic carbocycles. The molecule has 1 aliphatic heterocycles. The third-order valence-electron chi connectivity index (χ3n) is 5.03. The van der Waals surface area contributed by atoms with Crippen LogP contribution in [0.2, 0.25) is 0 Å². The smallest absolute Gasteiger partial charge is 0.338 e. The predicted octanol–water partition coefficient (Wildman–Crippen LogP) is 3.82. The first-order valence-electron chi connectivity index (χ1n) is 9.96. The van der Waals surface area contributed by atoms with Crippen LogP contribution in [0.5, 0.6) is 11.5 Å². The Morgan fingerprint density at radius 1 is 0.933 bits per heavy atom. The molecule has 0 atom stereocenters. The van der Waals surface area contributed by atoms with Crippen molar-refractivity contribution in [3.8, 4) is 11.5 Å². The zero-order valence-electron chi connectivity index (χ0n) is 16.8. The molecule has 3 aromatic rings. The maximum absolute atomic E-state index is 12.6. The second-order valence-electron chi connectivity index (χ2n) is 7.02. The van der Waals surface area contributed by atoms with Gasteiger partial charge >= 0.3 is 5.97 Å². The number of carbonyl (C=O) groups is 2. The quantitative estimate of drug-likeness (QED) is 0.584. The highest BCUT2D eigenvalue weighted by molar-refractivity contribution is 5.96. The molecule has 1 aliphatic rings. The number of hydrogen-bond donors (Lipinski definition) is 0. The number of fused-ring (bicyclic) bond motifs is 2. The number of carbonyl (C=O) groups excluding carboxylic acids is 2. The maximum atomic E-state index is 12.6. The SMILES string of the molecule is CCN(Cc1ccc2c(c1)OCCO2)C(=O)COC(=O)c1ccc2ccccc2c1. The average molecular weight is 405 g/mol. The van der Waals surface area contributed by atoms with E-state index in [9.17, 15) is 9.59 Å². The first-order valence-corrected chi connectivity index (χ1v) is 9.96. The lowest BCUT2D eigenvalue weighted by molar-refractivity contribution is -0.134. The van der Waals surface area contributed by atoms with Crippen LogP contribution in [-0.4, -0.2) is 43.1 Å². The molecule has 0 unspecified atom stereocenters. The molecule has 6 nitrogen and oxygen atoms in total. The predicted molar refractivity (Wildman–Crippen MR) is 113 cm³/mol. The lowest BCUT2D eigenvalue weighted by Gasteiger charge is -2.23. The molecule has 4 rings (SSSR count). The molecule has 30 heavy (non-hydrogen) atoms. The van der Waals surface area contributed by atoms with E-state index in [-0.39, 0.29) is 12.5 Å². The third-order valence-corrected chi connectivity index (χ3v) is 5.03. The minimum absolute atomic E-state index is 0.249. The first-order chi connectivity index (χ1) is 14.6. The zero-order chi connectivity index (χ0) is 20.9. The van der Waals surface area contributed by atoms with E-state index in [1.54, 1.807) is 17.0 Å². The Morgan fingerprint density at radius 2 is 1.70 bits per heavy atom. The van der Waals surface area contributed by atoms with Crippen LogP contribution in [0.25, 0.3) is 10.8 Å². The molecule has 0 saturated carbocycles. The van der Waals surface area contributed by atoms with Gasteiger partial charge < -0.3 is 19.1 Å². The first kappa shape index (κ1) is 19.8. The van der Waals surface area contributed by atoms with E-state index >= 15 is 0 Å². The summed E-state index contributed by atoms with van der Waals surface area (Å²) < 4.78 is 16.4. The second kappa shape index (κ2) is 8.86. The Balaban J connectivity index is 1.37. The maximum Gasteiger partial charge on any atom is 0.338 e. The number of nitrogens with zero attached hydrogens (tertiary/aromatic N) is 1. The second-order valence-corrected chi connectivity index (χ2v) is 7.02. The fourth-order valence-electron chi connectivity index (χ4n) is 3.40. The lowest BCUT2D eigenvalue weighted by atomic mass is 10.1. The van der Waals surface area contributed by atoms with Crippen molar-refractivity contribution in [2.24, 2.45) is 0 Å². The molecule has 0 spiro atoms. The summed E-state index contributed by atoms with van der Waals surface area (Å²) in [5.74, 6) is 0.639. The zero-order valence-corrected chi connectivity index (χ0v) is 16.8. The molecular weight excluding hydrogens is 382 g/mol. The number of amides is 1. The van der Waals surface area contributed by atoms with Crippen LogP contribution in [-0.2, 0) is 16.1 Å². The van der Waals surface area contributed by atoms with Gasteiger partial charge in [0.15, 0.2) is 18.1 Å². The van der Waals surface area contributed by atoms with Gasteiger partial charge in [0.1, 0.15) is 13.2 Å². The number of likely N-dealkylation sites (N-methyl/N-ethyl adjacent to an activating group) is 1. The van der Waals surface area contributed by atoms with Gasteiger partial charge in [-0.05, 0) is 47.5 Å². The van der Waals surface area contributed by atoms with Crippen molar-refractivity contribution in [2.45, 2.75) is 13.5 Å². The van der Waals surface area contributed by atoms with Gasteiger partial charge in [-0.25, -0.2) is 4.79 Å². The molecule has 1 amide bonds. The highest BCUT2D eigenvalue weighted by atomic mass is 16.6. The third kappa shape index (κ3) is 4.38. The van der Waals surface area contributed by atoms with Crippen molar-refractivity contribution in [1.29, 1.82) is 0 Å². The van der Waals surface area contributed by atoms with Crippen molar-refractivity contribution in [2.75, 3.05) is 26.4 Å². The molecule has 1 heterocycles. The number of esters is 1.